The molecule has 1 N–H and O–H groups in total. The maximum absolute atomic E-state index is 12.0. The van der Waals surface area contributed by atoms with Crippen LogP contribution in [0, 0.1) is 0 Å². The zero-order chi connectivity index (χ0) is 16.7. The number of hydrogen-bond donors (Lipinski definition) is 1. The quantitative estimate of drug-likeness (QED) is 0.840. The van der Waals surface area contributed by atoms with Gasteiger partial charge in [0.15, 0.2) is 0 Å². The Bertz CT molecular complexity index is 643. The van der Waals surface area contributed by atoms with Crippen LogP contribution in [0.1, 0.15) is 22.8 Å². The molecule has 2 rings (SSSR count). The first-order valence-electron chi connectivity index (χ1n) is 7.36. The van der Waals surface area contributed by atoms with Crippen molar-refractivity contribution in [3.63, 3.8) is 0 Å². The molecule has 0 aromatic heterocycles. The lowest BCUT2D eigenvalue weighted by Gasteiger charge is -2.13. The third-order valence-corrected chi connectivity index (χ3v) is 3.63. The van der Waals surface area contributed by atoms with E-state index in [2.05, 4.69) is 5.32 Å². The smallest absolute Gasteiger partial charge is 0.251 e. The SMILES string of the molecule is COC[C@H](C)NC(=O)c1ccc(OCc2ccccc2Cl)cc1. The number of halogens is 1. The molecule has 2 aromatic carbocycles. The lowest BCUT2D eigenvalue weighted by atomic mass is 10.2. The van der Waals surface area contributed by atoms with Crippen molar-refractivity contribution in [2.24, 2.45) is 0 Å². The van der Waals surface area contributed by atoms with Crippen LogP contribution in [0.3, 0.4) is 0 Å². The molecule has 122 valence electrons. The van der Waals surface area contributed by atoms with E-state index in [1.54, 1.807) is 31.4 Å². The van der Waals surface area contributed by atoms with Gasteiger partial charge in [-0.25, -0.2) is 0 Å². The average Bonchev–Trinajstić information content (AvgIpc) is 2.55. The van der Waals surface area contributed by atoms with E-state index in [4.69, 9.17) is 21.1 Å². The van der Waals surface area contributed by atoms with Gasteiger partial charge in [0.05, 0.1) is 6.61 Å². The van der Waals surface area contributed by atoms with Gasteiger partial charge in [0.25, 0.3) is 5.91 Å². The monoisotopic (exact) mass is 333 g/mol. The first kappa shape index (κ1) is 17.3. The second-order valence-electron chi connectivity index (χ2n) is 5.23. The fourth-order valence-electron chi connectivity index (χ4n) is 2.08. The predicted octanol–water partition coefficient (Wildman–Crippen LogP) is 3.68. The summed E-state index contributed by atoms with van der Waals surface area (Å²) in [4.78, 5) is 12.0. The van der Waals surface area contributed by atoms with Crippen LogP contribution < -0.4 is 10.1 Å². The Labute approximate surface area is 141 Å². The topological polar surface area (TPSA) is 47.6 Å². The predicted molar refractivity (Wildman–Crippen MR) is 91.0 cm³/mol. The lowest BCUT2D eigenvalue weighted by molar-refractivity contribution is 0.0905. The van der Waals surface area contributed by atoms with Crippen LogP contribution in [-0.4, -0.2) is 25.7 Å². The van der Waals surface area contributed by atoms with Crippen LogP contribution in [0.4, 0.5) is 0 Å². The molecule has 0 bridgehead atoms. The lowest BCUT2D eigenvalue weighted by Crippen LogP contribution is -2.35. The van der Waals surface area contributed by atoms with Gasteiger partial charge in [0.1, 0.15) is 12.4 Å². The highest BCUT2D eigenvalue weighted by molar-refractivity contribution is 6.31. The highest BCUT2D eigenvalue weighted by Crippen LogP contribution is 2.19. The summed E-state index contributed by atoms with van der Waals surface area (Å²) in [6, 6.07) is 14.5. The van der Waals surface area contributed by atoms with Crippen molar-refractivity contribution >= 4 is 17.5 Å². The number of carbonyl (C=O) groups is 1. The first-order chi connectivity index (χ1) is 11.1. The van der Waals surface area contributed by atoms with Crippen molar-refractivity contribution in [3.05, 3.63) is 64.7 Å². The molecule has 0 aliphatic carbocycles. The van der Waals surface area contributed by atoms with E-state index in [-0.39, 0.29) is 11.9 Å². The van der Waals surface area contributed by atoms with Gasteiger partial charge < -0.3 is 14.8 Å². The molecule has 0 radical (unpaired) electrons. The molecule has 0 aliphatic heterocycles. The molecule has 0 unspecified atom stereocenters. The standard InChI is InChI=1S/C18H20ClNO3/c1-13(11-22-2)20-18(21)14-7-9-16(10-8-14)23-12-15-5-3-4-6-17(15)19/h3-10,13H,11-12H2,1-2H3,(H,20,21)/t13-/m0/s1. The van der Waals surface area contributed by atoms with E-state index >= 15 is 0 Å². The Morgan fingerprint density at radius 2 is 1.87 bits per heavy atom. The number of rotatable bonds is 7. The Morgan fingerprint density at radius 1 is 1.17 bits per heavy atom. The van der Waals surface area contributed by atoms with Crippen molar-refractivity contribution in [1.29, 1.82) is 0 Å². The molecule has 1 atom stereocenters. The van der Waals surface area contributed by atoms with E-state index < -0.39 is 0 Å². The Kier molecular flexibility index (Phi) is 6.44. The summed E-state index contributed by atoms with van der Waals surface area (Å²) in [6.45, 7) is 2.75. The third kappa shape index (κ3) is 5.27. The Balaban J connectivity index is 1.92. The zero-order valence-electron chi connectivity index (χ0n) is 13.2. The molecule has 23 heavy (non-hydrogen) atoms. The fraction of sp³-hybridized carbons (Fsp3) is 0.278. The molecule has 0 heterocycles. The van der Waals surface area contributed by atoms with Crippen LogP contribution in [0.25, 0.3) is 0 Å². The molecule has 4 nitrogen and oxygen atoms in total. The fourth-order valence-corrected chi connectivity index (χ4v) is 2.27. The first-order valence-corrected chi connectivity index (χ1v) is 7.74. The minimum absolute atomic E-state index is 0.0383. The Morgan fingerprint density at radius 3 is 2.52 bits per heavy atom. The van der Waals surface area contributed by atoms with Gasteiger partial charge >= 0.3 is 0 Å². The average molecular weight is 334 g/mol. The van der Waals surface area contributed by atoms with E-state index in [1.165, 1.54) is 0 Å². The van der Waals surface area contributed by atoms with Crippen molar-refractivity contribution < 1.29 is 14.3 Å². The molecule has 0 fully saturated rings. The third-order valence-electron chi connectivity index (χ3n) is 3.26. The summed E-state index contributed by atoms with van der Waals surface area (Å²) in [5.74, 6) is 0.554. The van der Waals surface area contributed by atoms with Crippen LogP contribution in [0.15, 0.2) is 48.5 Å². The normalized spacial score (nSPS) is 11.8. The summed E-state index contributed by atoms with van der Waals surface area (Å²) < 4.78 is 10.7. The summed E-state index contributed by atoms with van der Waals surface area (Å²) in [5.41, 5.74) is 1.50. The van der Waals surface area contributed by atoms with Gasteiger partial charge in [-0.05, 0) is 37.3 Å². The molecule has 2 aromatic rings. The van der Waals surface area contributed by atoms with Gasteiger partial charge in [-0.2, -0.15) is 0 Å². The maximum atomic E-state index is 12.0. The highest BCUT2D eigenvalue weighted by atomic mass is 35.5. The number of hydrogen-bond acceptors (Lipinski definition) is 3. The number of benzene rings is 2. The maximum Gasteiger partial charge on any atom is 0.251 e. The zero-order valence-corrected chi connectivity index (χ0v) is 14.0. The summed E-state index contributed by atoms with van der Waals surface area (Å²) >= 11 is 6.09. The number of amides is 1. The number of carbonyl (C=O) groups excluding carboxylic acids is 1. The summed E-state index contributed by atoms with van der Waals surface area (Å²) in [5, 5.41) is 3.54. The second kappa shape index (κ2) is 8.56. The van der Waals surface area contributed by atoms with Crippen molar-refractivity contribution in [3.8, 4) is 5.75 Å². The number of methoxy groups -OCH3 is 1. The molecule has 0 saturated carbocycles. The van der Waals surface area contributed by atoms with Crippen molar-refractivity contribution in [2.75, 3.05) is 13.7 Å². The minimum Gasteiger partial charge on any atom is -0.489 e. The van der Waals surface area contributed by atoms with Gasteiger partial charge in [-0.3, -0.25) is 4.79 Å². The molecular weight excluding hydrogens is 314 g/mol. The molecule has 0 spiro atoms. The van der Waals surface area contributed by atoms with Gasteiger partial charge in [0.2, 0.25) is 0 Å². The molecule has 0 aliphatic rings. The molecule has 0 saturated heterocycles. The van der Waals surface area contributed by atoms with Crippen molar-refractivity contribution in [2.45, 2.75) is 19.6 Å². The van der Waals surface area contributed by atoms with Gasteiger partial charge in [-0.15, -0.1) is 0 Å². The number of ether oxygens (including phenoxy) is 2. The van der Waals surface area contributed by atoms with E-state index in [9.17, 15) is 4.79 Å². The van der Waals surface area contributed by atoms with Gasteiger partial charge in [0, 0.05) is 29.3 Å². The van der Waals surface area contributed by atoms with Gasteiger partial charge in [-0.1, -0.05) is 29.8 Å². The summed E-state index contributed by atoms with van der Waals surface area (Å²) in [6.07, 6.45) is 0. The van der Waals surface area contributed by atoms with Crippen LogP contribution >= 0.6 is 11.6 Å². The van der Waals surface area contributed by atoms with E-state index in [0.717, 1.165) is 5.56 Å². The largest absolute Gasteiger partial charge is 0.489 e. The highest BCUT2D eigenvalue weighted by Gasteiger charge is 2.09. The van der Waals surface area contributed by atoms with E-state index in [1.807, 2.05) is 31.2 Å². The summed E-state index contributed by atoms with van der Waals surface area (Å²) in [7, 11) is 1.60. The van der Waals surface area contributed by atoms with E-state index in [0.29, 0.717) is 29.5 Å². The van der Waals surface area contributed by atoms with Crippen LogP contribution in [0.5, 0.6) is 5.75 Å². The Hall–Kier alpha value is -2.04. The molecule has 1 amide bonds. The van der Waals surface area contributed by atoms with Crippen LogP contribution in [0.2, 0.25) is 5.02 Å². The van der Waals surface area contributed by atoms with Crippen molar-refractivity contribution in [1.82, 2.24) is 5.32 Å². The number of nitrogens with one attached hydrogen (secondary N) is 1. The molecule has 5 heteroatoms. The second-order valence-corrected chi connectivity index (χ2v) is 5.64. The minimum atomic E-state index is -0.132. The molecular formula is C18H20ClNO3. The van der Waals surface area contributed by atoms with Crippen LogP contribution in [-0.2, 0) is 11.3 Å².